The van der Waals surface area contributed by atoms with Crippen LogP contribution < -0.4 is 14.8 Å². The lowest BCUT2D eigenvalue weighted by atomic mass is 10.1. The first-order valence-electron chi connectivity index (χ1n) is 9.28. The topological polar surface area (TPSA) is 84.5 Å². The van der Waals surface area contributed by atoms with Gasteiger partial charge in [0.15, 0.2) is 11.5 Å². The van der Waals surface area contributed by atoms with Crippen molar-refractivity contribution in [3.63, 3.8) is 0 Å². The Balaban J connectivity index is 1.78. The third-order valence-electron chi connectivity index (χ3n) is 4.32. The van der Waals surface area contributed by atoms with Crippen LogP contribution in [-0.4, -0.2) is 13.0 Å². The van der Waals surface area contributed by atoms with E-state index in [1.807, 2.05) is 6.07 Å². The number of ether oxygens (including phenoxy) is 2. The van der Waals surface area contributed by atoms with Crippen molar-refractivity contribution < 1.29 is 18.7 Å². The molecular formula is C23H17Cl3N2O4. The van der Waals surface area contributed by atoms with E-state index in [0.29, 0.717) is 32.9 Å². The maximum atomic E-state index is 12.3. The Morgan fingerprint density at radius 1 is 1.19 bits per heavy atom. The highest BCUT2D eigenvalue weighted by molar-refractivity contribution is 6.35. The van der Waals surface area contributed by atoms with Gasteiger partial charge < -0.3 is 19.2 Å². The Morgan fingerprint density at radius 2 is 2.00 bits per heavy atom. The Morgan fingerprint density at radius 3 is 2.66 bits per heavy atom. The van der Waals surface area contributed by atoms with Crippen LogP contribution in [-0.2, 0) is 17.9 Å². The van der Waals surface area contributed by atoms with Crippen LogP contribution in [0.25, 0.3) is 6.08 Å². The lowest BCUT2D eigenvalue weighted by molar-refractivity contribution is -0.117. The maximum absolute atomic E-state index is 12.3. The number of nitrogens with zero attached hydrogens (tertiary/aromatic N) is 1. The van der Waals surface area contributed by atoms with Crippen LogP contribution in [0.2, 0.25) is 15.1 Å². The van der Waals surface area contributed by atoms with Crippen LogP contribution in [0.5, 0.6) is 11.5 Å². The summed E-state index contributed by atoms with van der Waals surface area (Å²) < 4.78 is 16.4. The molecule has 0 aliphatic heterocycles. The number of carbonyl (C=O) groups is 1. The van der Waals surface area contributed by atoms with Crippen LogP contribution in [0.4, 0.5) is 0 Å². The molecule has 0 aliphatic rings. The second kappa shape index (κ2) is 11.0. The Hall–Kier alpha value is -3.11. The molecule has 3 aromatic rings. The minimum Gasteiger partial charge on any atom is -0.493 e. The molecule has 1 N–H and O–H groups in total. The fourth-order valence-corrected chi connectivity index (χ4v) is 3.48. The van der Waals surface area contributed by atoms with E-state index >= 15 is 0 Å². The summed E-state index contributed by atoms with van der Waals surface area (Å²) >= 11 is 18.5. The number of rotatable bonds is 8. The van der Waals surface area contributed by atoms with E-state index in [0.717, 1.165) is 5.56 Å². The van der Waals surface area contributed by atoms with Gasteiger partial charge in [0.25, 0.3) is 5.91 Å². The third-order valence-corrected chi connectivity index (χ3v) is 5.19. The number of nitriles is 1. The quantitative estimate of drug-likeness (QED) is 0.306. The van der Waals surface area contributed by atoms with Gasteiger partial charge in [-0.3, -0.25) is 4.79 Å². The molecule has 0 saturated carbocycles. The van der Waals surface area contributed by atoms with E-state index in [-0.39, 0.29) is 23.7 Å². The summed E-state index contributed by atoms with van der Waals surface area (Å²) in [6.07, 6.45) is 2.91. The predicted molar refractivity (Wildman–Crippen MR) is 123 cm³/mol. The molecule has 9 heteroatoms. The van der Waals surface area contributed by atoms with E-state index in [2.05, 4.69) is 5.32 Å². The van der Waals surface area contributed by atoms with E-state index < -0.39 is 5.91 Å². The smallest absolute Gasteiger partial charge is 0.262 e. The normalized spacial score (nSPS) is 11.0. The second-order valence-corrected chi connectivity index (χ2v) is 7.74. The fraction of sp³-hybridized carbons (Fsp3) is 0.130. The van der Waals surface area contributed by atoms with Gasteiger partial charge in [-0.25, -0.2) is 0 Å². The highest BCUT2D eigenvalue weighted by atomic mass is 35.5. The fourth-order valence-electron chi connectivity index (χ4n) is 2.74. The summed E-state index contributed by atoms with van der Waals surface area (Å²) in [6, 6.07) is 13.6. The van der Waals surface area contributed by atoms with Crippen LogP contribution >= 0.6 is 34.8 Å². The monoisotopic (exact) mass is 490 g/mol. The highest BCUT2D eigenvalue weighted by Crippen LogP contribution is 2.38. The first-order valence-corrected chi connectivity index (χ1v) is 10.4. The number of methoxy groups -OCH3 is 1. The van der Waals surface area contributed by atoms with Gasteiger partial charge in [0, 0.05) is 15.6 Å². The largest absolute Gasteiger partial charge is 0.493 e. The molecule has 6 nitrogen and oxygen atoms in total. The van der Waals surface area contributed by atoms with Gasteiger partial charge in [0.1, 0.15) is 24.0 Å². The molecule has 0 atom stereocenters. The molecule has 0 spiro atoms. The van der Waals surface area contributed by atoms with Gasteiger partial charge in [-0.15, -0.1) is 0 Å². The molecular weight excluding hydrogens is 475 g/mol. The zero-order valence-corrected chi connectivity index (χ0v) is 19.1. The zero-order chi connectivity index (χ0) is 23.1. The molecule has 0 unspecified atom stereocenters. The molecule has 3 rings (SSSR count). The summed E-state index contributed by atoms with van der Waals surface area (Å²) in [5, 5.41) is 13.3. The van der Waals surface area contributed by atoms with Gasteiger partial charge in [-0.05, 0) is 48.0 Å². The Bertz CT molecular complexity index is 1180. The first-order chi connectivity index (χ1) is 15.4. The van der Waals surface area contributed by atoms with E-state index in [4.69, 9.17) is 48.7 Å². The van der Waals surface area contributed by atoms with E-state index in [1.54, 1.807) is 42.5 Å². The van der Waals surface area contributed by atoms with Crippen LogP contribution in [0, 0.1) is 11.3 Å². The van der Waals surface area contributed by atoms with Gasteiger partial charge in [-0.2, -0.15) is 5.26 Å². The Labute approximate surface area is 199 Å². The molecule has 2 aromatic carbocycles. The summed E-state index contributed by atoms with van der Waals surface area (Å²) in [5.74, 6) is 0.666. The maximum Gasteiger partial charge on any atom is 0.262 e. The predicted octanol–water partition coefficient (Wildman–Crippen LogP) is 6.05. The van der Waals surface area contributed by atoms with Crippen molar-refractivity contribution in [3.05, 3.63) is 86.3 Å². The average molecular weight is 492 g/mol. The summed E-state index contributed by atoms with van der Waals surface area (Å²) in [6.45, 7) is 0.300. The number of hydrogen-bond donors (Lipinski definition) is 1. The molecule has 0 saturated heterocycles. The molecule has 164 valence electrons. The molecule has 32 heavy (non-hydrogen) atoms. The van der Waals surface area contributed by atoms with Crippen molar-refractivity contribution in [1.82, 2.24) is 5.32 Å². The minimum absolute atomic E-state index is 0.101. The first kappa shape index (κ1) is 23.6. The minimum atomic E-state index is -0.545. The molecule has 1 heterocycles. The number of halogens is 3. The summed E-state index contributed by atoms with van der Waals surface area (Å²) in [4.78, 5) is 12.3. The molecule has 0 fully saturated rings. The lowest BCUT2D eigenvalue weighted by Gasteiger charge is -2.14. The number of furan rings is 1. The molecule has 0 aliphatic carbocycles. The molecule has 0 radical (unpaired) electrons. The van der Waals surface area contributed by atoms with Crippen molar-refractivity contribution in [3.8, 4) is 17.6 Å². The summed E-state index contributed by atoms with van der Waals surface area (Å²) in [7, 11) is 1.46. The standard InChI is InChI=1S/C23H17Cl3N2O4/c1-30-21-9-14(7-16(11-27)23(29)28-12-18-3-2-6-31-18)8-20(26)22(21)32-13-15-4-5-17(24)10-19(15)25/h2-10H,12-13H2,1H3,(H,28,29)/b16-7+. The number of amides is 1. The van der Waals surface area contributed by atoms with Crippen LogP contribution in [0.1, 0.15) is 16.9 Å². The van der Waals surface area contributed by atoms with Gasteiger partial charge >= 0.3 is 0 Å². The van der Waals surface area contributed by atoms with Crippen molar-refractivity contribution in [2.75, 3.05) is 7.11 Å². The number of hydrogen-bond acceptors (Lipinski definition) is 5. The van der Waals surface area contributed by atoms with Gasteiger partial charge in [-0.1, -0.05) is 40.9 Å². The molecule has 1 amide bonds. The zero-order valence-electron chi connectivity index (χ0n) is 16.8. The molecule has 1 aromatic heterocycles. The van der Waals surface area contributed by atoms with Gasteiger partial charge in [0.2, 0.25) is 0 Å². The number of carbonyl (C=O) groups excluding carboxylic acids is 1. The molecule has 0 bridgehead atoms. The lowest BCUT2D eigenvalue weighted by Crippen LogP contribution is -2.23. The average Bonchev–Trinajstić information content (AvgIpc) is 3.29. The highest BCUT2D eigenvalue weighted by Gasteiger charge is 2.15. The van der Waals surface area contributed by atoms with Crippen LogP contribution in [0.3, 0.4) is 0 Å². The van der Waals surface area contributed by atoms with Crippen molar-refractivity contribution in [1.29, 1.82) is 5.26 Å². The van der Waals surface area contributed by atoms with Crippen molar-refractivity contribution in [2.45, 2.75) is 13.2 Å². The third kappa shape index (κ3) is 5.98. The van der Waals surface area contributed by atoms with Gasteiger partial charge in [0.05, 0.1) is 24.9 Å². The van der Waals surface area contributed by atoms with Crippen LogP contribution in [0.15, 0.2) is 58.7 Å². The number of nitrogens with one attached hydrogen (secondary N) is 1. The van der Waals surface area contributed by atoms with E-state index in [1.165, 1.54) is 19.4 Å². The Kier molecular flexibility index (Phi) is 8.07. The SMILES string of the molecule is COc1cc(/C=C(\C#N)C(=O)NCc2ccco2)cc(Cl)c1OCc1ccc(Cl)cc1Cl. The number of benzene rings is 2. The summed E-state index contributed by atoms with van der Waals surface area (Å²) in [5.41, 5.74) is 1.11. The van der Waals surface area contributed by atoms with Crippen molar-refractivity contribution in [2.24, 2.45) is 0 Å². The second-order valence-electron chi connectivity index (χ2n) is 6.49. The van der Waals surface area contributed by atoms with Crippen molar-refractivity contribution >= 4 is 46.8 Å². The van der Waals surface area contributed by atoms with E-state index in [9.17, 15) is 10.1 Å².